The number of nitrogens with zero attached hydrogens (tertiary/aromatic N) is 4. The van der Waals surface area contributed by atoms with Crippen LogP contribution in [0.4, 0.5) is 4.79 Å². The lowest BCUT2D eigenvalue weighted by Gasteiger charge is -2.14. The van der Waals surface area contributed by atoms with Gasteiger partial charge in [0.15, 0.2) is 5.82 Å². The van der Waals surface area contributed by atoms with Crippen LogP contribution in [0.15, 0.2) is 24.4 Å². The van der Waals surface area contributed by atoms with Crippen LogP contribution in [0.25, 0.3) is 23.1 Å². The van der Waals surface area contributed by atoms with Crippen LogP contribution in [0.1, 0.15) is 18.3 Å². The molecule has 0 saturated carbocycles. The van der Waals surface area contributed by atoms with Crippen LogP contribution >= 0.6 is 0 Å². The molecule has 23 heavy (non-hydrogen) atoms. The number of aromatic amines is 2. The van der Waals surface area contributed by atoms with Gasteiger partial charge in [0.05, 0.1) is 0 Å². The second kappa shape index (κ2) is 6.30. The molecule has 1 aromatic carbocycles. The summed E-state index contributed by atoms with van der Waals surface area (Å²) in [4.78, 5) is 16.4. The Morgan fingerprint density at radius 2 is 2.26 bits per heavy atom. The zero-order chi connectivity index (χ0) is 16.2. The molecule has 0 aliphatic carbocycles. The van der Waals surface area contributed by atoms with Crippen molar-refractivity contribution in [3.05, 3.63) is 35.8 Å². The standard InChI is InChI=1S/C15H16N6O2/c1-3-21(2)15(22)23-11-5-6-12-10(9-16-13(12)8-11)4-7-14-17-19-20-18-14/h4-9,16H,3H2,1-2H3,(H,17,18,19,20)/b7-4+. The maximum Gasteiger partial charge on any atom is 0.414 e. The third-order valence-electron chi connectivity index (χ3n) is 3.45. The van der Waals surface area contributed by atoms with E-state index in [1.165, 1.54) is 4.90 Å². The van der Waals surface area contributed by atoms with Gasteiger partial charge in [-0.25, -0.2) is 4.79 Å². The van der Waals surface area contributed by atoms with Crippen molar-refractivity contribution in [3.63, 3.8) is 0 Å². The van der Waals surface area contributed by atoms with Gasteiger partial charge >= 0.3 is 6.09 Å². The van der Waals surface area contributed by atoms with Gasteiger partial charge in [0, 0.05) is 36.8 Å². The monoisotopic (exact) mass is 312 g/mol. The Labute approximate surface area is 132 Å². The Bertz CT molecular complexity index is 837. The summed E-state index contributed by atoms with van der Waals surface area (Å²) in [6, 6.07) is 5.46. The van der Waals surface area contributed by atoms with E-state index < -0.39 is 0 Å². The summed E-state index contributed by atoms with van der Waals surface area (Å²) in [7, 11) is 1.69. The van der Waals surface area contributed by atoms with Crippen molar-refractivity contribution >= 4 is 29.1 Å². The number of hydrogen-bond donors (Lipinski definition) is 2. The summed E-state index contributed by atoms with van der Waals surface area (Å²) < 4.78 is 5.32. The molecular formula is C15H16N6O2. The number of amides is 1. The number of carbonyl (C=O) groups is 1. The molecule has 8 heteroatoms. The molecule has 2 N–H and O–H groups in total. The number of ether oxygens (including phenoxy) is 1. The molecule has 118 valence electrons. The number of carbonyl (C=O) groups excluding carboxylic acids is 1. The quantitative estimate of drug-likeness (QED) is 0.770. The van der Waals surface area contributed by atoms with E-state index in [1.807, 2.05) is 25.3 Å². The molecule has 1 amide bonds. The molecule has 3 aromatic rings. The van der Waals surface area contributed by atoms with Crippen molar-refractivity contribution in [2.24, 2.45) is 0 Å². The maximum atomic E-state index is 11.8. The first-order valence-electron chi connectivity index (χ1n) is 7.13. The fourth-order valence-corrected chi connectivity index (χ4v) is 2.04. The minimum absolute atomic E-state index is 0.379. The zero-order valence-electron chi connectivity index (χ0n) is 12.8. The van der Waals surface area contributed by atoms with E-state index in [-0.39, 0.29) is 6.09 Å². The Balaban J connectivity index is 1.81. The molecule has 0 saturated heterocycles. The van der Waals surface area contributed by atoms with Crippen LogP contribution in [0.5, 0.6) is 5.75 Å². The lowest BCUT2D eigenvalue weighted by atomic mass is 10.1. The van der Waals surface area contributed by atoms with Crippen LogP contribution in [-0.4, -0.2) is 50.2 Å². The smallest absolute Gasteiger partial charge is 0.410 e. The fourth-order valence-electron chi connectivity index (χ4n) is 2.04. The average Bonchev–Trinajstić information content (AvgIpc) is 3.21. The van der Waals surface area contributed by atoms with Gasteiger partial charge in [-0.05, 0) is 42.0 Å². The molecule has 0 fully saturated rings. The molecule has 0 spiro atoms. The van der Waals surface area contributed by atoms with Gasteiger partial charge in [-0.2, -0.15) is 5.21 Å². The number of hydrogen-bond acceptors (Lipinski definition) is 5. The Morgan fingerprint density at radius 1 is 1.39 bits per heavy atom. The van der Waals surface area contributed by atoms with E-state index in [1.54, 1.807) is 25.3 Å². The normalized spacial score (nSPS) is 11.2. The summed E-state index contributed by atoms with van der Waals surface area (Å²) in [5.74, 6) is 1.01. The zero-order valence-corrected chi connectivity index (χ0v) is 12.8. The van der Waals surface area contributed by atoms with Gasteiger partial charge in [0.25, 0.3) is 0 Å². The largest absolute Gasteiger partial charge is 0.414 e. The van der Waals surface area contributed by atoms with Gasteiger partial charge in [0.2, 0.25) is 0 Å². The Hall–Kier alpha value is -3.16. The average molecular weight is 312 g/mol. The van der Waals surface area contributed by atoms with E-state index >= 15 is 0 Å². The second-order valence-corrected chi connectivity index (χ2v) is 4.94. The summed E-state index contributed by atoms with van der Waals surface area (Å²) in [6.07, 6.45) is 5.14. The SMILES string of the molecule is CCN(C)C(=O)Oc1ccc2c(/C=C/c3nn[nH]n3)c[nH]c2c1. The number of aromatic nitrogens is 5. The summed E-state index contributed by atoms with van der Waals surface area (Å²) >= 11 is 0. The summed E-state index contributed by atoms with van der Waals surface area (Å²) in [6.45, 7) is 2.48. The van der Waals surface area contributed by atoms with Crippen molar-refractivity contribution in [2.75, 3.05) is 13.6 Å². The van der Waals surface area contributed by atoms with Crippen LogP contribution in [0, 0.1) is 0 Å². The molecule has 0 aliphatic rings. The lowest BCUT2D eigenvalue weighted by molar-refractivity contribution is 0.165. The molecule has 2 heterocycles. The highest BCUT2D eigenvalue weighted by molar-refractivity contribution is 5.92. The lowest BCUT2D eigenvalue weighted by Crippen LogP contribution is -2.29. The maximum absolute atomic E-state index is 11.8. The van der Waals surface area contributed by atoms with Crippen molar-refractivity contribution in [2.45, 2.75) is 6.92 Å². The van der Waals surface area contributed by atoms with Crippen molar-refractivity contribution < 1.29 is 9.53 Å². The molecule has 0 unspecified atom stereocenters. The first-order chi connectivity index (χ1) is 11.2. The van der Waals surface area contributed by atoms with Gasteiger partial charge < -0.3 is 14.6 Å². The molecule has 8 nitrogen and oxygen atoms in total. The number of benzene rings is 1. The highest BCUT2D eigenvalue weighted by Crippen LogP contribution is 2.25. The van der Waals surface area contributed by atoms with E-state index in [9.17, 15) is 4.79 Å². The highest BCUT2D eigenvalue weighted by Gasteiger charge is 2.10. The molecule has 0 radical (unpaired) electrons. The number of fused-ring (bicyclic) bond motifs is 1. The van der Waals surface area contributed by atoms with Crippen LogP contribution in [0.3, 0.4) is 0 Å². The fraction of sp³-hybridized carbons (Fsp3) is 0.200. The predicted octanol–water partition coefficient (Wildman–Crippen LogP) is 2.30. The number of rotatable bonds is 4. The third kappa shape index (κ3) is 3.20. The Morgan fingerprint density at radius 3 is 3.00 bits per heavy atom. The molecule has 0 atom stereocenters. The predicted molar refractivity (Wildman–Crippen MR) is 85.7 cm³/mol. The minimum Gasteiger partial charge on any atom is -0.410 e. The highest BCUT2D eigenvalue weighted by atomic mass is 16.6. The summed E-state index contributed by atoms with van der Waals surface area (Å²) in [5.41, 5.74) is 1.86. The first-order valence-corrected chi connectivity index (χ1v) is 7.13. The van der Waals surface area contributed by atoms with Gasteiger partial charge in [-0.3, -0.25) is 0 Å². The van der Waals surface area contributed by atoms with Crippen molar-refractivity contribution in [3.8, 4) is 5.75 Å². The number of tetrazole rings is 1. The van der Waals surface area contributed by atoms with E-state index in [4.69, 9.17) is 4.74 Å². The summed E-state index contributed by atoms with van der Waals surface area (Å²) in [5, 5.41) is 14.6. The molecule has 0 aliphatic heterocycles. The van der Waals surface area contributed by atoms with Gasteiger partial charge in [-0.1, -0.05) is 0 Å². The minimum atomic E-state index is -0.379. The van der Waals surface area contributed by atoms with Crippen molar-refractivity contribution in [1.82, 2.24) is 30.5 Å². The van der Waals surface area contributed by atoms with Crippen LogP contribution in [-0.2, 0) is 0 Å². The second-order valence-electron chi connectivity index (χ2n) is 4.94. The van der Waals surface area contributed by atoms with Crippen molar-refractivity contribution in [1.29, 1.82) is 0 Å². The van der Waals surface area contributed by atoms with Gasteiger partial charge in [0.1, 0.15) is 5.75 Å². The molecule has 0 bridgehead atoms. The molecular weight excluding hydrogens is 296 g/mol. The number of nitrogens with one attached hydrogen (secondary N) is 2. The number of H-pyrrole nitrogens is 2. The Kier molecular flexibility index (Phi) is 4.05. The van der Waals surface area contributed by atoms with Gasteiger partial charge in [-0.15, -0.1) is 10.2 Å². The third-order valence-corrected chi connectivity index (χ3v) is 3.45. The van der Waals surface area contributed by atoms with Crippen LogP contribution in [0.2, 0.25) is 0 Å². The van der Waals surface area contributed by atoms with E-state index in [2.05, 4.69) is 25.6 Å². The van der Waals surface area contributed by atoms with E-state index in [0.29, 0.717) is 18.1 Å². The van der Waals surface area contributed by atoms with Crippen LogP contribution < -0.4 is 4.74 Å². The molecule has 3 rings (SSSR count). The first kappa shape index (κ1) is 14.8. The molecule has 2 aromatic heterocycles. The topological polar surface area (TPSA) is 99.8 Å². The van der Waals surface area contributed by atoms with E-state index in [0.717, 1.165) is 16.5 Å².